The van der Waals surface area contributed by atoms with Crippen molar-refractivity contribution < 1.29 is 9.53 Å². The fourth-order valence-electron chi connectivity index (χ4n) is 2.14. The Balaban J connectivity index is 2.00. The van der Waals surface area contributed by atoms with Gasteiger partial charge in [0, 0.05) is 30.2 Å². The Labute approximate surface area is 126 Å². The van der Waals surface area contributed by atoms with Crippen molar-refractivity contribution in [3.05, 3.63) is 29.2 Å². The van der Waals surface area contributed by atoms with Crippen molar-refractivity contribution in [2.45, 2.75) is 27.3 Å². The van der Waals surface area contributed by atoms with E-state index in [4.69, 9.17) is 4.74 Å². The summed E-state index contributed by atoms with van der Waals surface area (Å²) in [4.78, 5) is 17.8. The highest BCUT2D eigenvalue weighted by atomic mass is 32.1. The number of hydrogen-bond donors (Lipinski definition) is 0. The molecular weight excluding hydrogens is 288 g/mol. The van der Waals surface area contributed by atoms with Crippen molar-refractivity contribution in [2.75, 3.05) is 6.61 Å². The van der Waals surface area contributed by atoms with Crippen LogP contribution in [0.1, 0.15) is 29.2 Å². The Morgan fingerprint density at radius 1 is 1.38 bits per heavy atom. The molecule has 3 rings (SSSR count). The SMILES string of the molecule is CCOC(=O)c1sc2nc(-c3cnn(CC)c3)cn2c1C. The zero-order valence-corrected chi connectivity index (χ0v) is 13.0. The molecule has 0 saturated heterocycles. The number of carbonyl (C=O) groups is 1. The molecule has 0 spiro atoms. The second-order valence-electron chi connectivity index (χ2n) is 4.60. The van der Waals surface area contributed by atoms with Gasteiger partial charge in [0.05, 0.1) is 18.5 Å². The van der Waals surface area contributed by atoms with Gasteiger partial charge in [-0.15, -0.1) is 0 Å². The average Bonchev–Trinajstić information content (AvgIpc) is 3.14. The van der Waals surface area contributed by atoms with Crippen molar-refractivity contribution >= 4 is 22.3 Å². The molecule has 0 fully saturated rings. The number of aryl methyl sites for hydroxylation is 2. The highest BCUT2D eigenvalue weighted by molar-refractivity contribution is 7.19. The molecule has 0 aliphatic carbocycles. The lowest BCUT2D eigenvalue weighted by molar-refractivity contribution is 0.0531. The van der Waals surface area contributed by atoms with Crippen LogP contribution in [0.5, 0.6) is 0 Å². The van der Waals surface area contributed by atoms with Gasteiger partial charge in [-0.3, -0.25) is 9.08 Å². The van der Waals surface area contributed by atoms with E-state index in [0.717, 1.165) is 28.5 Å². The topological polar surface area (TPSA) is 61.4 Å². The smallest absolute Gasteiger partial charge is 0.350 e. The van der Waals surface area contributed by atoms with Gasteiger partial charge in [-0.05, 0) is 20.8 Å². The van der Waals surface area contributed by atoms with Crippen LogP contribution in [0.25, 0.3) is 16.2 Å². The lowest BCUT2D eigenvalue weighted by atomic mass is 10.3. The Morgan fingerprint density at radius 2 is 2.19 bits per heavy atom. The van der Waals surface area contributed by atoms with Gasteiger partial charge in [0.15, 0.2) is 4.96 Å². The van der Waals surface area contributed by atoms with Gasteiger partial charge in [-0.25, -0.2) is 9.78 Å². The number of aromatic nitrogens is 4. The van der Waals surface area contributed by atoms with E-state index in [2.05, 4.69) is 10.1 Å². The second-order valence-corrected chi connectivity index (χ2v) is 5.58. The largest absolute Gasteiger partial charge is 0.462 e. The summed E-state index contributed by atoms with van der Waals surface area (Å²) in [5, 5.41) is 4.25. The Morgan fingerprint density at radius 3 is 2.81 bits per heavy atom. The first kappa shape index (κ1) is 13.8. The van der Waals surface area contributed by atoms with Gasteiger partial charge < -0.3 is 4.74 Å². The summed E-state index contributed by atoms with van der Waals surface area (Å²) >= 11 is 1.35. The van der Waals surface area contributed by atoms with E-state index in [0.29, 0.717) is 11.5 Å². The molecule has 6 nitrogen and oxygen atoms in total. The fraction of sp³-hybridized carbons (Fsp3) is 0.357. The summed E-state index contributed by atoms with van der Waals surface area (Å²) < 4.78 is 8.84. The number of imidazole rings is 1. The summed E-state index contributed by atoms with van der Waals surface area (Å²) in [7, 11) is 0. The first-order valence-electron chi connectivity index (χ1n) is 6.82. The highest BCUT2D eigenvalue weighted by Crippen LogP contribution is 2.27. The lowest BCUT2D eigenvalue weighted by Crippen LogP contribution is -2.04. The van der Waals surface area contributed by atoms with Gasteiger partial charge in [-0.2, -0.15) is 5.10 Å². The quantitative estimate of drug-likeness (QED) is 0.695. The molecule has 0 aliphatic heterocycles. The lowest BCUT2D eigenvalue weighted by Gasteiger charge is -1.99. The molecule has 0 atom stereocenters. The van der Waals surface area contributed by atoms with E-state index in [9.17, 15) is 4.79 Å². The average molecular weight is 304 g/mol. The monoisotopic (exact) mass is 304 g/mol. The molecule has 0 bridgehead atoms. The van der Waals surface area contributed by atoms with Crippen molar-refractivity contribution in [1.29, 1.82) is 0 Å². The van der Waals surface area contributed by atoms with E-state index >= 15 is 0 Å². The molecule has 0 saturated carbocycles. The summed E-state index contributed by atoms with van der Waals surface area (Å²) in [5.74, 6) is -0.286. The summed E-state index contributed by atoms with van der Waals surface area (Å²) in [6, 6.07) is 0. The van der Waals surface area contributed by atoms with Gasteiger partial charge in [-0.1, -0.05) is 11.3 Å². The van der Waals surface area contributed by atoms with Crippen LogP contribution in [0, 0.1) is 6.92 Å². The van der Waals surface area contributed by atoms with Crippen LogP contribution in [-0.2, 0) is 11.3 Å². The highest BCUT2D eigenvalue weighted by Gasteiger charge is 2.19. The first-order valence-corrected chi connectivity index (χ1v) is 7.64. The van der Waals surface area contributed by atoms with E-state index in [1.54, 1.807) is 13.1 Å². The van der Waals surface area contributed by atoms with E-state index in [-0.39, 0.29) is 5.97 Å². The van der Waals surface area contributed by atoms with Crippen LogP contribution < -0.4 is 0 Å². The molecule has 3 heterocycles. The van der Waals surface area contributed by atoms with Gasteiger partial charge in [0.25, 0.3) is 0 Å². The van der Waals surface area contributed by atoms with Crippen LogP contribution in [0.4, 0.5) is 0 Å². The minimum absolute atomic E-state index is 0.286. The zero-order chi connectivity index (χ0) is 15.0. The standard InChI is InChI=1S/C14H16N4O2S/c1-4-17-7-10(6-15-17)11-8-18-9(3)12(13(19)20-5-2)21-14(18)16-11/h6-8H,4-5H2,1-3H3. The predicted molar refractivity (Wildman–Crippen MR) is 80.7 cm³/mol. The van der Waals surface area contributed by atoms with Crippen molar-refractivity contribution in [3.8, 4) is 11.3 Å². The summed E-state index contributed by atoms with van der Waals surface area (Å²) in [6.07, 6.45) is 5.70. The van der Waals surface area contributed by atoms with Crippen LogP contribution in [0.15, 0.2) is 18.6 Å². The Kier molecular flexibility index (Phi) is 3.50. The maximum Gasteiger partial charge on any atom is 0.350 e. The van der Waals surface area contributed by atoms with Gasteiger partial charge in [0.2, 0.25) is 0 Å². The molecule has 110 valence electrons. The minimum Gasteiger partial charge on any atom is -0.462 e. The maximum absolute atomic E-state index is 11.9. The summed E-state index contributed by atoms with van der Waals surface area (Å²) in [5.41, 5.74) is 2.69. The fourth-order valence-corrected chi connectivity index (χ4v) is 3.15. The number of esters is 1. The summed E-state index contributed by atoms with van der Waals surface area (Å²) in [6.45, 7) is 6.94. The molecule has 0 aromatic carbocycles. The Bertz CT molecular complexity index is 799. The van der Waals surface area contributed by atoms with Crippen molar-refractivity contribution in [3.63, 3.8) is 0 Å². The number of nitrogens with zero attached hydrogens (tertiary/aromatic N) is 4. The van der Waals surface area contributed by atoms with Crippen LogP contribution in [0.2, 0.25) is 0 Å². The molecule has 0 amide bonds. The van der Waals surface area contributed by atoms with Crippen LogP contribution >= 0.6 is 11.3 Å². The third-order valence-electron chi connectivity index (χ3n) is 3.27. The van der Waals surface area contributed by atoms with Crippen LogP contribution in [-0.4, -0.2) is 31.7 Å². The number of thiazole rings is 1. The molecule has 0 unspecified atom stereocenters. The molecule has 21 heavy (non-hydrogen) atoms. The first-order chi connectivity index (χ1) is 10.1. The van der Waals surface area contributed by atoms with E-state index in [1.807, 2.05) is 35.3 Å². The van der Waals surface area contributed by atoms with Gasteiger partial charge >= 0.3 is 5.97 Å². The number of hydrogen-bond acceptors (Lipinski definition) is 5. The second kappa shape index (κ2) is 5.33. The third kappa shape index (κ3) is 2.33. The normalized spacial score (nSPS) is 11.2. The molecule has 0 radical (unpaired) electrons. The minimum atomic E-state index is -0.286. The van der Waals surface area contributed by atoms with Crippen molar-refractivity contribution in [1.82, 2.24) is 19.2 Å². The molecule has 0 aliphatic rings. The number of rotatable bonds is 4. The maximum atomic E-state index is 11.9. The molecule has 3 aromatic heterocycles. The number of fused-ring (bicyclic) bond motifs is 1. The molecule has 0 N–H and O–H groups in total. The third-order valence-corrected chi connectivity index (χ3v) is 4.41. The van der Waals surface area contributed by atoms with E-state index < -0.39 is 0 Å². The molecule has 7 heteroatoms. The van der Waals surface area contributed by atoms with Crippen LogP contribution in [0.3, 0.4) is 0 Å². The number of ether oxygens (including phenoxy) is 1. The molecule has 3 aromatic rings. The van der Waals surface area contributed by atoms with E-state index in [1.165, 1.54) is 11.3 Å². The zero-order valence-electron chi connectivity index (χ0n) is 12.2. The van der Waals surface area contributed by atoms with Gasteiger partial charge in [0.1, 0.15) is 4.88 Å². The Hall–Kier alpha value is -2.15. The predicted octanol–water partition coefficient (Wildman–Crippen LogP) is 2.76. The van der Waals surface area contributed by atoms with Crippen molar-refractivity contribution in [2.24, 2.45) is 0 Å². The molecular formula is C14H16N4O2S. The number of carbonyl (C=O) groups excluding carboxylic acids is 1.